The van der Waals surface area contributed by atoms with Gasteiger partial charge in [0.05, 0.1) is 11.4 Å². The van der Waals surface area contributed by atoms with Gasteiger partial charge in [-0.1, -0.05) is 12.1 Å². The summed E-state index contributed by atoms with van der Waals surface area (Å²) in [6.45, 7) is 6.22. The molecule has 3 N–H and O–H groups in total. The van der Waals surface area contributed by atoms with Crippen LogP contribution in [0.2, 0.25) is 0 Å². The molecule has 0 aliphatic carbocycles. The van der Waals surface area contributed by atoms with Crippen LogP contribution >= 0.6 is 0 Å². The molecule has 1 aliphatic rings. The molecule has 1 aliphatic heterocycles. The van der Waals surface area contributed by atoms with Gasteiger partial charge >= 0.3 is 6.09 Å². The monoisotopic (exact) mass is 300 g/mol. The Hall–Kier alpha value is -2.50. The highest BCUT2D eigenvalue weighted by Crippen LogP contribution is 2.36. The van der Waals surface area contributed by atoms with Crippen LogP contribution in [0.15, 0.2) is 24.3 Å². The Kier molecular flexibility index (Phi) is 3.31. The van der Waals surface area contributed by atoms with Crippen LogP contribution in [0.4, 0.5) is 16.3 Å². The van der Waals surface area contributed by atoms with E-state index in [9.17, 15) is 4.79 Å². The van der Waals surface area contributed by atoms with Crippen molar-refractivity contribution in [1.82, 2.24) is 10.2 Å². The van der Waals surface area contributed by atoms with Crippen molar-refractivity contribution in [2.45, 2.75) is 32.8 Å². The van der Waals surface area contributed by atoms with Gasteiger partial charge in [-0.25, -0.2) is 4.79 Å². The van der Waals surface area contributed by atoms with Gasteiger partial charge in [-0.2, -0.15) is 5.10 Å². The highest BCUT2D eigenvalue weighted by Gasteiger charge is 2.30. The maximum absolute atomic E-state index is 12.3. The lowest BCUT2D eigenvalue weighted by atomic mass is 10.0. The molecule has 6 nitrogen and oxygen atoms in total. The summed E-state index contributed by atoms with van der Waals surface area (Å²) in [7, 11) is 0. The van der Waals surface area contributed by atoms with E-state index in [2.05, 4.69) is 10.2 Å². The van der Waals surface area contributed by atoms with Gasteiger partial charge in [0.25, 0.3) is 0 Å². The number of aromatic nitrogens is 2. The molecule has 0 saturated carbocycles. The normalized spacial score (nSPS) is 14.0. The molecule has 0 spiro atoms. The van der Waals surface area contributed by atoms with Gasteiger partial charge in [0.2, 0.25) is 0 Å². The van der Waals surface area contributed by atoms with Crippen molar-refractivity contribution in [3.05, 3.63) is 29.8 Å². The Labute approximate surface area is 129 Å². The number of amides is 1. The zero-order valence-electron chi connectivity index (χ0n) is 13.0. The van der Waals surface area contributed by atoms with Crippen molar-refractivity contribution < 1.29 is 9.53 Å². The number of fused-ring (bicyclic) bond motifs is 1. The number of rotatable bonds is 1. The van der Waals surface area contributed by atoms with Crippen LogP contribution < -0.4 is 10.6 Å². The fraction of sp³-hybridized carbons (Fsp3) is 0.375. The molecule has 0 unspecified atom stereocenters. The van der Waals surface area contributed by atoms with Crippen molar-refractivity contribution >= 4 is 17.6 Å². The summed E-state index contributed by atoms with van der Waals surface area (Å²) in [4.78, 5) is 14.0. The molecule has 22 heavy (non-hydrogen) atoms. The van der Waals surface area contributed by atoms with Crippen molar-refractivity contribution in [2.75, 3.05) is 17.2 Å². The number of carbonyl (C=O) groups is 1. The van der Waals surface area contributed by atoms with E-state index in [0.29, 0.717) is 12.4 Å². The van der Waals surface area contributed by atoms with Crippen LogP contribution in [0, 0.1) is 0 Å². The number of nitrogens with zero attached hydrogens (tertiary/aromatic N) is 2. The third-order valence-corrected chi connectivity index (χ3v) is 3.53. The second-order valence-electron chi connectivity index (χ2n) is 6.39. The lowest BCUT2D eigenvalue weighted by Crippen LogP contribution is -2.35. The number of ether oxygens (including phenoxy) is 1. The van der Waals surface area contributed by atoms with Crippen LogP contribution in [0.5, 0.6) is 0 Å². The number of benzene rings is 1. The van der Waals surface area contributed by atoms with E-state index in [-0.39, 0.29) is 6.09 Å². The number of anilines is 2. The summed E-state index contributed by atoms with van der Waals surface area (Å²) in [6, 6.07) is 7.67. The van der Waals surface area contributed by atoms with Gasteiger partial charge in [-0.05, 0) is 38.8 Å². The molecule has 2 heterocycles. The number of aromatic amines is 1. The van der Waals surface area contributed by atoms with E-state index >= 15 is 0 Å². The Morgan fingerprint density at radius 1 is 1.41 bits per heavy atom. The van der Waals surface area contributed by atoms with Gasteiger partial charge in [0.1, 0.15) is 11.4 Å². The first-order valence-electron chi connectivity index (χ1n) is 7.29. The van der Waals surface area contributed by atoms with Crippen molar-refractivity contribution in [1.29, 1.82) is 0 Å². The van der Waals surface area contributed by atoms with E-state index in [1.807, 2.05) is 39.0 Å². The van der Waals surface area contributed by atoms with Crippen molar-refractivity contribution in [2.24, 2.45) is 0 Å². The van der Waals surface area contributed by atoms with Crippen LogP contribution in [-0.4, -0.2) is 28.4 Å². The molecule has 1 amide bonds. The minimum atomic E-state index is -0.505. The van der Waals surface area contributed by atoms with Crippen LogP contribution in [0.1, 0.15) is 26.3 Å². The number of carbonyl (C=O) groups excluding carboxylic acids is 1. The van der Waals surface area contributed by atoms with Crippen LogP contribution in [0.3, 0.4) is 0 Å². The van der Waals surface area contributed by atoms with E-state index in [1.54, 1.807) is 11.0 Å². The third kappa shape index (κ3) is 2.64. The molecule has 6 heteroatoms. The number of nitrogens with one attached hydrogen (secondary N) is 1. The summed E-state index contributed by atoms with van der Waals surface area (Å²) in [6.07, 6.45) is 0.469. The summed E-state index contributed by atoms with van der Waals surface area (Å²) in [5.41, 5.74) is 9.05. The average Bonchev–Trinajstić information content (AvgIpc) is 3.02. The predicted molar refractivity (Wildman–Crippen MR) is 85.7 cm³/mol. The van der Waals surface area contributed by atoms with Gasteiger partial charge in [-0.15, -0.1) is 0 Å². The molecular weight excluding hydrogens is 280 g/mol. The first-order chi connectivity index (χ1) is 10.3. The first-order valence-corrected chi connectivity index (χ1v) is 7.29. The largest absolute Gasteiger partial charge is 0.443 e. The molecule has 0 bridgehead atoms. The lowest BCUT2D eigenvalue weighted by Gasteiger charge is -2.24. The highest BCUT2D eigenvalue weighted by molar-refractivity contribution is 5.92. The molecule has 0 saturated heterocycles. The molecule has 0 fully saturated rings. The van der Waals surface area contributed by atoms with Gasteiger partial charge in [-0.3, -0.25) is 10.00 Å². The highest BCUT2D eigenvalue weighted by atomic mass is 16.6. The summed E-state index contributed by atoms with van der Waals surface area (Å²) in [5.74, 6) is 0.453. The first kappa shape index (κ1) is 14.4. The topological polar surface area (TPSA) is 84.2 Å². The van der Waals surface area contributed by atoms with Gasteiger partial charge in [0, 0.05) is 18.2 Å². The lowest BCUT2D eigenvalue weighted by molar-refractivity contribution is 0.0584. The average molecular weight is 300 g/mol. The number of hydrogen-bond acceptors (Lipinski definition) is 4. The summed E-state index contributed by atoms with van der Waals surface area (Å²) < 4.78 is 5.48. The van der Waals surface area contributed by atoms with E-state index < -0.39 is 5.60 Å². The fourth-order valence-corrected chi connectivity index (χ4v) is 2.67. The Bertz CT molecular complexity index is 715. The molecule has 0 atom stereocenters. The predicted octanol–water partition coefficient (Wildman–Crippen LogP) is 2.96. The number of H-pyrrole nitrogens is 1. The Balaban J connectivity index is 1.94. The second kappa shape index (κ2) is 5.05. The minimum Gasteiger partial charge on any atom is -0.443 e. The SMILES string of the molecule is CC(C)(C)OC(=O)N1CCc2c(-c3cc(N)n[nH]3)cccc21. The van der Waals surface area contributed by atoms with E-state index in [0.717, 1.165) is 28.9 Å². The molecule has 1 aromatic carbocycles. The Morgan fingerprint density at radius 2 is 2.18 bits per heavy atom. The zero-order valence-corrected chi connectivity index (χ0v) is 13.0. The fourth-order valence-electron chi connectivity index (χ4n) is 2.67. The molecule has 116 valence electrons. The second-order valence-corrected chi connectivity index (χ2v) is 6.39. The number of nitrogens with two attached hydrogens (primary N) is 1. The molecule has 3 rings (SSSR count). The summed E-state index contributed by atoms with van der Waals surface area (Å²) >= 11 is 0. The third-order valence-electron chi connectivity index (χ3n) is 3.53. The van der Waals surface area contributed by atoms with Crippen LogP contribution in [-0.2, 0) is 11.2 Å². The van der Waals surface area contributed by atoms with Crippen molar-refractivity contribution in [3.63, 3.8) is 0 Å². The van der Waals surface area contributed by atoms with E-state index in [1.165, 1.54) is 0 Å². The van der Waals surface area contributed by atoms with Gasteiger partial charge < -0.3 is 10.5 Å². The van der Waals surface area contributed by atoms with E-state index in [4.69, 9.17) is 10.5 Å². The molecule has 1 aromatic heterocycles. The van der Waals surface area contributed by atoms with Crippen LogP contribution in [0.25, 0.3) is 11.3 Å². The van der Waals surface area contributed by atoms with Gasteiger partial charge in [0.15, 0.2) is 0 Å². The minimum absolute atomic E-state index is 0.312. The standard InChI is InChI=1S/C16H20N4O2/c1-16(2,3)22-15(21)20-8-7-11-10(5-4-6-13(11)20)12-9-14(17)19-18-12/h4-6,9H,7-8H2,1-3H3,(H3,17,18,19). The maximum atomic E-state index is 12.3. The molecule has 0 radical (unpaired) electrons. The number of nitrogen functional groups attached to an aromatic ring is 1. The maximum Gasteiger partial charge on any atom is 0.414 e. The summed E-state index contributed by atoms with van der Waals surface area (Å²) in [5, 5.41) is 6.89. The molecular formula is C16H20N4O2. The number of hydrogen-bond donors (Lipinski definition) is 2. The quantitative estimate of drug-likeness (QED) is 0.848. The zero-order chi connectivity index (χ0) is 15.9. The Morgan fingerprint density at radius 3 is 2.82 bits per heavy atom. The van der Waals surface area contributed by atoms with Crippen molar-refractivity contribution in [3.8, 4) is 11.3 Å². The smallest absolute Gasteiger partial charge is 0.414 e. The molecule has 2 aromatic rings.